The summed E-state index contributed by atoms with van der Waals surface area (Å²) in [5.41, 5.74) is 2.23. The lowest BCUT2D eigenvalue weighted by Gasteiger charge is -2.00. The molecule has 2 rings (SSSR count). The van der Waals surface area contributed by atoms with E-state index >= 15 is 0 Å². The molecule has 0 aliphatic heterocycles. The van der Waals surface area contributed by atoms with Crippen molar-refractivity contribution in [1.29, 1.82) is 0 Å². The molecule has 2 aromatic heterocycles. The average molecular weight is 331 g/mol. The number of pyridine rings is 2. The zero-order chi connectivity index (χ0) is 14.0. The highest BCUT2D eigenvalue weighted by molar-refractivity contribution is 5.63. The van der Waals surface area contributed by atoms with Crippen molar-refractivity contribution in [3.63, 3.8) is 0 Å². The predicted molar refractivity (Wildman–Crippen MR) is 63.9 cm³/mol. The fraction of sp³-hybridized carbons (Fsp3) is 0.0769. The van der Waals surface area contributed by atoms with Crippen molar-refractivity contribution in [2.75, 3.05) is 0 Å². The first-order valence-electron chi connectivity index (χ1n) is 5.49. The molecule has 0 saturated carbocycles. The van der Waals surface area contributed by atoms with Crippen LogP contribution < -0.4 is 33.9 Å². The Kier molecular flexibility index (Phi) is 6.78. The lowest BCUT2D eigenvalue weighted by atomic mass is 10.1. The Morgan fingerprint density at radius 1 is 0.905 bits per heavy atom. The van der Waals surface area contributed by atoms with Crippen molar-refractivity contribution in [1.82, 2.24) is 0 Å². The second-order valence-corrected chi connectivity index (χ2v) is 3.99. The third kappa shape index (κ3) is 4.14. The Morgan fingerprint density at radius 2 is 1.43 bits per heavy atom. The molecule has 0 amide bonds. The van der Waals surface area contributed by atoms with Crippen LogP contribution in [0.5, 0.6) is 0 Å². The summed E-state index contributed by atoms with van der Waals surface area (Å²) in [6, 6.07) is 6.72. The highest BCUT2D eigenvalue weighted by Gasteiger charge is 2.17. The zero-order valence-corrected chi connectivity index (χ0v) is 12.4. The van der Waals surface area contributed by atoms with Crippen LogP contribution in [0.1, 0.15) is 5.69 Å². The summed E-state index contributed by atoms with van der Waals surface area (Å²) in [7, 11) is 0. The minimum absolute atomic E-state index is 0. The standard InChI is InChI=1S/C13H10N2O4.2ClH/c1-9-8-11(4-7-15(9)13(18)19)10-2-5-14(6-3-10)12(16)17;;/h2-8H,1H3;2*1H. The van der Waals surface area contributed by atoms with E-state index in [1.165, 1.54) is 18.6 Å². The fourth-order valence-corrected chi connectivity index (χ4v) is 1.76. The van der Waals surface area contributed by atoms with Crippen LogP contribution >= 0.6 is 0 Å². The number of hydrogen-bond donors (Lipinski definition) is 2. The van der Waals surface area contributed by atoms with E-state index in [9.17, 15) is 9.59 Å². The second kappa shape index (κ2) is 7.56. The van der Waals surface area contributed by atoms with E-state index in [-0.39, 0.29) is 24.8 Å². The van der Waals surface area contributed by atoms with Gasteiger partial charge in [-0.1, -0.05) is 9.13 Å². The Hall–Kier alpha value is -2.18. The second-order valence-electron chi connectivity index (χ2n) is 3.99. The van der Waals surface area contributed by atoms with Gasteiger partial charge in [0.15, 0.2) is 24.3 Å². The Morgan fingerprint density at radius 3 is 1.86 bits per heavy atom. The quantitative estimate of drug-likeness (QED) is 0.515. The minimum atomic E-state index is -1.06. The third-order valence-electron chi connectivity index (χ3n) is 2.74. The van der Waals surface area contributed by atoms with E-state index in [1.54, 1.807) is 31.2 Å². The fourth-order valence-electron chi connectivity index (χ4n) is 1.76. The molecule has 2 aromatic rings. The highest BCUT2D eigenvalue weighted by Crippen LogP contribution is 2.16. The first-order chi connectivity index (χ1) is 8.99. The number of aryl methyl sites for hydroxylation is 1. The lowest BCUT2D eigenvalue weighted by molar-refractivity contribution is -0.591. The maximum atomic E-state index is 10.9. The SMILES string of the molecule is Cc1cc(-c2cc[n+](C(=O)O)cc2)cc[n+]1C(=O)O.[Cl-].[Cl-]. The molecule has 0 spiro atoms. The molecular weight excluding hydrogens is 319 g/mol. The van der Waals surface area contributed by atoms with Gasteiger partial charge in [-0.05, 0) is 11.1 Å². The van der Waals surface area contributed by atoms with Crippen molar-refractivity contribution >= 4 is 12.2 Å². The van der Waals surface area contributed by atoms with E-state index in [2.05, 4.69) is 0 Å². The molecule has 0 atom stereocenters. The van der Waals surface area contributed by atoms with Crippen LogP contribution in [-0.2, 0) is 0 Å². The molecule has 0 aromatic carbocycles. The summed E-state index contributed by atoms with van der Waals surface area (Å²) in [4.78, 5) is 21.6. The van der Waals surface area contributed by atoms with Gasteiger partial charge in [0.25, 0.3) is 0 Å². The molecule has 6 nitrogen and oxygen atoms in total. The van der Waals surface area contributed by atoms with Crippen LogP contribution in [0.25, 0.3) is 11.1 Å². The van der Waals surface area contributed by atoms with Gasteiger partial charge in [-0.25, -0.2) is 0 Å². The molecule has 8 heteroatoms. The van der Waals surface area contributed by atoms with Gasteiger partial charge >= 0.3 is 12.2 Å². The number of carbonyl (C=O) groups is 2. The summed E-state index contributed by atoms with van der Waals surface area (Å²) >= 11 is 0. The molecule has 112 valence electrons. The van der Waals surface area contributed by atoms with Crippen LogP contribution in [0.15, 0.2) is 42.9 Å². The number of aromatic nitrogens is 2. The molecule has 0 bridgehead atoms. The van der Waals surface area contributed by atoms with Crippen LogP contribution in [0.4, 0.5) is 9.59 Å². The van der Waals surface area contributed by atoms with Gasteiger partial charge in [-0.15, -0.1) is 0 Å². The maximum absolute atomic E-state index is 10.9. The van der Waals surface area contributed by atoms with Gasteiger partial charge in [0, 0.05) is 31.2 Å². The smallest absolute Gasteiger partial charge is 0.599 e. The monoisotopic (exact) mass is 330 g/mol. The van der Waals surface area contributed by atoms with Crippen molar-refractivity contribution in [2.45, 2.75) is 6.92 Å². The summed E-state index contributed by atoms with van der Waals surface area (Å²) in [5, 5.41) is 17.7. The average Bonchev–Trinajstić information content (AvgIpc) is 2.38. The summed E-state index contributed by atoms with van der Waals surface area (Å²) in [6.07, 6.45) is 2.24. The van der Waals surface area contributed by atoms with Crippen molar-refractivity contribution in [3.8, 4) is 11.1 Å². The van der Waals surface area contributed by atoms with E-state index in [1.807, 2.05) is 0 Å². The van der Waals surface area contributed by atoms with E-state index in [4.69, 9.17) is 10.2 Å². The molecule has 0 fully saturated rings. The first kappa shape index (κ1) is 18.8. The Bertz CT molecular complexity index is 660. The topological polar surface area (TPSA) is 82.4 Å². The van der Waals surface area contributed by atoms with Crippen LogP contribution in [-0.4, -0.2) is 22.4 Å². The lowest BCUT2D eigenvalue weighted by Crippen LogP contribution is -3.00. The molecule has 0 aliphatic carbocycles. The number of halogens is 2. The predicted octanol–water partition coefficient (Wildman–Crippen LogP) is -4.70. The van der Waals surface area contributed by atoms with E-state index in [0.29, 0.717) is 5.69 Å². The van der Waals surface area contributed by atoms with Gasteiger partial charge < -0.3 is 35.0 Å². The third-order valence-corrected chi connectivity index (χ3v) is 2.74. The molecular formula is C13H12Cl2N2O4. The largest absolute Gasteiger partial charge is 1.00 e. The van der Waals surface area contributed by atoms with Gasteiger partial charge in [0.1, 0.15) is 0 Å². The number of carboxylic acid groups (broad SMARTS) is 2. The van der Waals surface area contributed by atoms with Gasteiger partial charge in [-0.2, -0.15) is 9.59 Å². The normalized spacial score (nSPS) is 9.19. The van der Waals surface area contributed by atoms with Crippen LogP contribution in [0.3, 0.4) is 0 Å². The maximum Gasteiger partial charge on any atom is 0.599 e. The van der Waals surface area contributed by atoms with Crippen LogP contribution in [0.2, 0.25) is 0 Å². The molecule has 2 heterocycles. The van der Waals surface area contributed by atoms with Crippen molar-refractivity contribution < 1.29 is 53.8 Å². The number of hydrogen-bond acceptors (Lipinski definition) is 2. The molecule has 2 N–H and O–H groups in total. The van der Waals surface area contributed by atoms with Crippen molar-refractivity contribution in [2.24, 2.45) is 0 Å². The highest BCUT2D eigenvalue weighted by atomic mass is 35.5. The molecule has 0 unspecified atom stereocenters. The molecule has 0 aliphatic rings. The Labute approximate surface area is 133 Å². The summed E-state index contributed by atoms with van der Waals surface area (Å²) in [6.45, 7) is 1.69. The molecule has 21 heavy (non-hydrogen) atoms. The van der Waals surface area contributed by atoms with Gasteiger partial charge in [-0.3, -0.25) is 0 Å². The first-order valence-corrected chi connectivity index (χ1v) is 5.49. The number of rotatable bonds is 1. The Balaban J connectivity index is 0.00000200. The van der Waals surface area contributed by atoms with Gasteiger partial charge in [0.2, 0.25) is 0 Å². The molecule has 0 radical (unpaired) electrons. The van der Waals surface area contributed by atoms with Crippen LogP contribution in [0, 0.1) is 6.92 Å². The minimum Gasteiger partial charge on any atom is -1.00 e. The van der Waals surface area contributed by atoms with Gasteiger partial charge in [0.05, 0.1) is 0 Å². The zero-order valence-electron chi connectivity index (χ0n) is 10.9. The summed E-state index contributed by atoms with van der Waals surface area (Å²) < 4.78 is 2.15. The van der Waals surface area contributed by atoms with Crippen molar-refractivity contribution in [3.05, 3.63) is 48.5 Å². The van der Waals surface area contributed by atoms with E-state index < -0.39 is 12.2 Å². The summed E-state index contributed by atoms with van der Waals surface area (Å²) in [5.74, 6) is 0. The molecule has 0 saturated heterocycles. The van der Waals surface area contributed by atoms with E-state index in [0.717, 1.165) is 20.3 Å². The number of nitrogens with zero attached hydrogens (tertiary/aromatic N) is 2.